The quantitative estimate of drug-likeness (QED) is 0.195. The number of carboxylic acid groups (broad SMARTS) is 1. The first-order valence-corrected chi connectivity index (χ1v) is 16.6. The minimum atomic E-state index is -5.08. The van der Waals surface area contributed by atoms with Gasteiger partial charge in [-0.15, -0.1) is 11.3 Å². The lowest BCUT2D eigenvalue weighted by molar-refractivity contribution is -0.192. The highest BCUT2D eigenvalue weighted by atomic mass is 32.2. The number of hydrogen-bond acceptors (Lipinski definition) is 11. The number of aromatic nitrogens is 4. The van der Waals surface area contributed by atoms with Crippen molar-refractivity contribution in [2.24, 2.45) is 0 Å². The number of nitrogens with one attached hydrogen (secondary N) is 3. The van der Waals surface area contributed by atoms with Gasteiger partial charge in [0.2, 0.25) is 15.9 Å². The van der Waals surface area contributed by atoms with Gasteiger partial charge in [-0.05, 0) is 44.5 Å². The van der Waals surface area contributed by atoms with Gasteiger partial charge in [-0.3, -0.25) is 19.5 Å². The topological polar surface area (TPSA) is 189 Å². The van der Waals surface area contributed by atoms with E-state index in [1.165, 1.54) is 18.4 Å². The van der Waals surface area contributed by atoms with Crippen molar-refractivity contribution in [3.63, 3.8) is 0 Å². The van der Waals surface area contributed by atoms with E-state index in [4.69, 9.17) is 19.4 Å². The summed E-state index contributed by atoms with van der Waals surface area (Å²) in [6.45, 7) is 7.95. The third-order valence-electron chi connectivity index (χ3n) is 6.71. The van der Waals surface area contributed by atoms with Crippen molar-refractivity contribution >= 4 is 55.5 Å². The summed E-state index contributed by atoms with van der Waals surface area (Å²) in [5.74, 6) is -3.04. The van der Waals surface area contributed by atoms with E-state index in [1.807, 2.05) is 6.07 Å². The molecule has 4 heterocycles. The highest BCUT2D eigenvalue weighted by Crippen LogP contribution is 2.34. The summed E-state index contributed by atoms with van der Waals surface area (Å²) in [5, 5.41) is 20.5. The third-order valence-corrected chi connectivity index (χ3v) is 8.84. The van der Waals surface area contributed by atoms with Crippen LogP contribution in [0.4, 0.5) is 24.5 Å². The van der Waals surface area contributed by atoms with Gasteiger partial charge >= 0.3 is 12.1 Å². The second-order valence-electron chi connectivity index (χ2n) is 10.5. The Morgan fingerprint density at radius 2 is 1.81 bits per heavy atom. The number of pyridine rings is 1. The number of halogens is 3. The molecule has 14 nitrogen and oxygen atoms in total. The van der Waals surface area contributed by atoms with Gasteiger partial charge in [0.05, 0.1) is 49.0 Å². The Morgan fingerprint density at radius 1 is 1.15 bits per heavy atom. The summed E-state index contributed by atoms with van der Waals surface area (Å²) >= 11 is 1.45. The molecule has 3 aromatic heterocycles. The second kappa shape index (κ2) is 14.6. The number of amides is 1. The molecule has 1 fully saturated rings. The maximum Gasteiger partial charge on any atom is 0.490 e. The fourth-order valence-corrected chi connectivity index (χ4v) is 6.13. The van der Waals surface area contributed by atoms with Gasteiger partial charge in [-0.2, -0.15) is 18.3 Å². The molecule has 254 valence electrons. The molecule has 0 unspecified atom stereocenters. The lowest BCUT2D eigenvalue weighted by Crippen LogP contribution is -2.44. The minimum Gasteiger partial charge on any atom is -0.480 e. The largest absolute Gasteiger partial charge is 0.490 e. The number of thiazole rings is 1. The van der Waals surface area contributed by atoms with E-state index >= 15 is 0 Å². The Kier molecular flexibility index (Phi) is 11.0. The van der Waals surface area contributed by atoms with E-state index in [0.29, 0.717) is 34.6 Å². The molecular formula is C28H32F3N7O7S2. The third kappa shape index (κ3) is 9.37. The highest BCUT2D eigenvalue weighted by Gasteiger charge is 2.38. The summed E-state index contributed by atoms with van der Waals surface area (Å²) < 4.78 is 69.7. The second-order valence-corrected chi connectivity index (χ2v) is 13.4. The standard InChI is InChI=1S/C26H31N7O5S2.C2HF3O2/c1-5-40(35,36)32-22-8-18(9-27-26(22)37-4)17-6-20(19-10-28-31-21(19)7-17)30-25(34)23-14-39-24(29-23)13-33-11-15(2)38-16(3)12-33;3-2(4,5)1(6)7/h6-10,14-16,32H,5,11-13H2,1-4H3,(H,28,31)(H,30,34);(H,6,7)/t15-,16+;. The molecule has 4 N–H and O–H groups in total. The first-order chi connectivity index (χ1) is 22.1. The van der Waals surface area contributed by atoms with E-state index in [9.17, 15) is 26.4 Å². The van der Waals surface area contributed by atoms with Crippen LogP contribution in [0.15, 0.2) is 36.0 Å². The number of rotatable bonds is 9. The Morgan fingerprint density at radius 3 is 2.43 bits per heavy atom. The van der Waals surface area contributed by atoms with Crippen LogP contribution in [0.1, 0.15) is 36.3 Å². The molecule has 0 saturated carbocycles. The summed E-state index contributed by atoms with van der Waals surface area (Å²) in [6.07, 6.45) is -1.57. The fraction of sp³-hybridized carbons (Fsp3) is 0.393. The average Bonchev–Trinajstić information content (AvgIpc) is 3.66. The number of alkyl halides is 3. The van der Waals surface area contributed by atoms with Crippen LogP contribution < -0.4 is 14.8 Å². The number of fused-ring (bicyclic) bond motifs is 1. The number of H-pyrrole nitrogens is 1. The zero-order valence-corrected chi connectivity index (χ0v) is 27.2. The molecule has 0 bridgehead atoms. The molecular weight excluding hydrogens is 667 g/mol. The Balaban J connectivity index is 0.000000644. The van der Waals surface area contributed by atoms with E-state index in [-0.39, 0.29) is 35.4 Å². The fourth-order valence-electron chi connectivity index (χ4n) is 4.69. The number of ether oxygens (including phenoxy) is 2. The summed E-state index contributed by atoms with van der Waals surface area (Å²) in [7, 11) is -2.14. The first-order valence-electron chi connectivity index (χ1n) is 14.0. The number of aliphatic carboxylic acids is 1. The van der Waals surface area contributed by atoms with E-state index < -0.39 is 22.2 Å². The van der Waals surface area contributed by atoms with Gasteiger partial charge in [0.15, 0.2) is 0 Å². The number of sulfonamides is 1. The smallest absolute Gasteiger partial charge is 0.480 e. The minimum absolute atomic E-state index is 0.0975. The Hall–Kier alpha value is -4.33. The summed E-state index contributed by atoms with van der Waals surface area (Å²) in [4.78, 5) is 33.3. The summed E-state index contributed by atoms with van der Waals surface area (Å²) in [5.41, 5.74) is 3.08. The number of nitrogens with zero attached hydrogens (tertiary/aromatic N) is 4. The Labute approximate surface area is 271 Å². The number of morpholine rings is 1. The van der Waals surface area contributed by atoms with Gasteiger partial charge < -0.3 is 19.9 Å². The molecule has 1 aliphatic rings. The molecule has 0 aliphatic carbocycles. The predicted molar refractivity (Wildman–Crippen MR) is 168 cm³/mol. The normalized spacial score (nSPS) is 17.1. The number of carbonyl (C=O) groups is 2. The Bertz CT molecular complexity index is 1840. The van der Waals surface area contributed by atoms with Crippen LogP contribution in [-0.4, -0.2) is 94.8 Å². The van der Waals surface area contributed by atoms with Crippen LogP contribution in [0.25, 0.3) is 22.0 Å². The van der Waals surface area contributed by atoms with Crippen molar-refractivity contribution in [2.45, 2.75) is 45.7 Å². The van der Waals surface area contributed by atoms with Gasteiger partial charge in [0.1, 0.15) is 16.4 Å². The van der Waals surface area contributed by atoms with Crippen molar-refractivity contribution in [1.29, 1.82) is 0 Å². The van der Waals surface area contributed by atoms with E-state index in [0.717, 1.165) is 23.5 Å². The molecule has 5 rings (SSSR count). The maximum absolute atomic E-state index is 13.2. The van der Waals surface area contributed by atoms with Crippen molar-refractivity contribution in [2.75, 3.05) is 36.0 Å². The number of anilines is 2. The van der Waals surface area contributed by atoms with E-state index in [1.54, 1.807) is 36.8 Å². The predicted octanol–water partition coefficient (Wildman–Crippen LogP) is 4.35. The van der Waals surface area contributed by atoms with Gasteiger partial charge in [-0.25, -0.2) is 23.2 Å². The molecule has 0 spiro atoms. The highest BCUT2D eigenvalue weighted by molar-refractivity contribution is 7.92. The maximum atomic E-state index is 13.2. The molecule has 47 heavy (non-hydrogen) atoms. The zero-order chi connectivity index (χ0) is 34.5. The molecule has 4 aromatic rings. The first kappa shape index (κ1) is 35.5. The number of carboxylic acids is 1. The lowest BCUT2D eigenvalue weighted by atomic mass is 10.0. The molecule has 0 radical (unpaired) electrons. The number of hydrogen-bond donors (Lipinski definition) is 4. The van der Waals surface area contributed by atoms with Crippen molar-refractivity contribution < 1.29 is 45.8 Å². The van der Waals surface area contributed by atoms with E-state index in [2.05, 4.69) is 49.0 Å². The van der Waals surface area contributed by atoms with Gasteiger partial charge in [-0.1, -0.05) is 0 Å². The van der Waals surface area contributed by atoms with Crippen LogP contribution in [-0.2, 0) is 26.1 Å². The van der Waals surface area contributed by atoms with Crippen LogP contribution in [0.2, 0.25) is 0 Å². The average molecular weight is 700 g/mol. The molecule has 19 heteroatoms. The number of carbonyl (C=O) groups excluding carboxylic acids is 1. The SMILES string of the molecule is CCS(=O)(=O)Nc1cc(-c2cc(NC(=O)c3csc(CN4C[C@@H](C)O[C@@H](C)C4)n3)c3cn[nH]c3c2)cnc1OC.O=C(O)C(F)(F)F. The van der Waals surface area contributed by atoms with Crippen molar-refractivity contribution in [3.8, 4) is 17.0 Å². The van der Waals surface area contributed by atoms with Crippen LogP contribution in [0, 0.1) is 0 Å². The zero-order valence-electron chi connectivity index (χ0n) is 25.6. The van der Waals surface area contributed by atoms with Crippen molar-refractivity contribution in [3.05, 3.63) is 46.7 Å². The number of methoxy groups -OCH3 is 1. The number of aromatic amines is 1. The van der Waals surface area contributed by atoms with Crippen LogP contribution in [0.5, 0.6) is 5.88 Å². The number of benzene rings is 1. The van der Waals surface area contributed by atoms with Crippen LogP contribution >= 0.6 is 11.3 Å². The van der Waals surface area contributed by atoms with Crippen molar-refractivity contribution in [1.82, 2.24) is 25.1 Å². The van der Waals surface area contributed by atoms with Gasteiger partial charge in [0, 0.05) is 35.6 Å². The monoisotopic (exact) mass is 699 g/mol. The summed E-state index contributed by atoms with van der Waals surface area (Å²) in [6, 6.07) is 5.29. The van der Waals surface area contributed by atoms with Gasteiger partial charge in [0.25, 0.3) is 5.91 Å². The molecule has 1 aliphatic heterocycles. The van der Waals surface area contributed by atoms with Crippen LogP contribution in [0.3, 0.4) is 0 Å². The molecule has 1 saturated heterocycles. The molecule has 2 atom stereocenters. The lowest BCUT2D eigenvalue weighted by Gasteiger charge is -2.34. The molecule has 1 amide bonds. The molecule has 1 aromatic carbocycles.